The van der Waals surface area contributed by atoms with Crippen LogP contribution in [-0.2, 0) is 11.3 Å². The maximum atomic E-state index is 12.5. The number of fused-ring (bicyclic) bond motifs is 1. The van der Waals surface area contributed by atoms with Gasteiger partial charge in [-0.25, -0.2) is 14.8 Å². The van der Waals surface area contributed by atoms with E-state index in [0.29, 0.717) is 11.7 Å². The van der Waals surface area contributed by atoms with Crippen LogP contribution in [0, 0.1) is 0 Å². The Morgan fingerprint density at radius 2 is 2.07 bits per heavy atom. The van der Waals surface area contributed by atoms with Crippen molar-refractivity contribution >= 4 is 33.4 Å². The maximum Gasteiger partial charge on any atom is 0.327 e. The minimum Gasteiger partial charge on any atom is -0.373 e. The molecule has 0 spiro atoms. The summed E-state index contributed by atoms with van der Waals surface area (Å²) in [4.78, 5) is 51.0. The molecule has 4 heterocycles. The van der Waals surface area contributed by atoms with Crippen LogP contribution in [0.5, 0.6) is 0 Å². The lowest BCUT2D eigenvalue weighted by Gasteiger charge is -2.34. The van der Waals surface area contributed by atoms with Crippen molar-refractivity contribution < 1.29 is 9.53 Å². The number of aromatic nitrogens is 4. The molecule has 0 radical (unpaired) electrons. The molecule has 3 aromatic heterocycles. The van der Waals surface area contributed by atoms with Gasteiger partial charge in [-0.3, -0.25) is 29.8 Å². The number of aromatic amines is 2. The Labute approximate surface area is 169 Å². The number of carbonyl (C=O) groups excluding carboxylic acids is 1. The van der Waals surface area contributed by atoms with Crippen LogP contribution in [0.3, 0.4) is 0 Å². The first-order valence-corrected chi connectivity index (χ1v) is 10.0. The molecule has 29 heavy (non-hydrogen) atoms. The normalized spacial score (nSPS) is 20.1. The highest BCUT2D eigenvalue weighted by molar-refractivity contribution is 7.14. The summed E-state index contributed by atoms with van der Waals surface area (Å²) in [6.45, 7) is 6.46. The Kier molecular flexibility index (Phi) is 5.26. The average molecular weight is 416 g/mol. The average Bonchev–Trinajstić information content (AvgIpc) is 3.07. The van der Waals surface area contributed by atoms with E-state index in [0.717, 1.165) is 18.8 Å². The van der Waals surface area contributed by atoms with Crippen molar-refractivity contribution in [1.29, 1.82) is 0 Å². The summed E-state index contributed by atoms with van der Waals surface area (Å²) >= 11 is 1.33. The highest BCUT2D eigenvalue weighted by atomic mass is 32.1. The second-order valence-electron chi connectivity index (χ2n) is 7.08. The first-order chi connectivity index (χ1) is 13.9. The van der Waals surface area contributed by atoms with Crippen LogP contribution in [0.15, 0.2) is 27.2 Å². The molecule has 10 nitrogen and oxygen atoms in total. The van der Waals surface area contributed by atoms with E-state index in [9.17, 15) is 14.4 Å². The lowest BCUT2D eigenvalue weighted by molar-refractivity contribution is -0.0707. The Balaban J connectivity index is 1.46. The number of ether oxygens (including phenoxy) is 1. The first-order valence-electron chi connectivity index (χ1n) is 9.13. The van der Waals surface area contributed by atoms with Gasteiger partial charge in [0.2, 0.25) is 0 Å². The molecule has 1 aliphatic heterocycles. The number of hydrogen-bond donors (Lipinski definition) is 3. The standard InChI is InChI=1S/C18H20N6O4S/c1-9-5-24(6-10(2)28-9)7-12-8-29-18(20-12)23-15(25)11-3-13-14(19-4-11)21-17(27)22-16(13)26/h3-4,8-10H,5-7H2,1-2H3,(H,20,23,25)(H2,19,21,22,26,27). The Morgan fingerprint density at radius 1 is 1.31 bits per heavy atom. The molecule has 0 aliphatic carbocycles. The summed E-state index contributed by atoms with van der Waals surface area (Å²) in [5, 5.41) is 5.24. The second kappa shape index (κ2) is 7.85. The fourth-order valence-corrected chi connectivity index (χ4v) is 4.12. The monoisotopic (exact) mass is 416 g/mol. The van der Waals surface area contributed by atoms with Gasteiger partial charge in [0.25, 0.3) is 11.5 Å². The van der Waals surface area contributed by atoms with Crippen LogP contribution in [0.2, 0.25) is 0 Å². The molecule has 11 heteroatoms. The zero-order valence-corrected chi connectivity index (χ0v) is 16.7. The number of morpholine rings is 1. The smallest absolute Gasteiger partial charge is 0.327 e. The molecule has 3 N–H and O–H groups in total. The largest absolute Gasteiger partial charge is 0.373 e. The Hall–Kier alpha value is -2.89. The summed E-state index contributed by atoms with van der Waals surface area (Å²) in [5.74, 6) is -0.431. The lowest BCUT2D eigenvalue weighted by Crippen LogP contribution is -2.44. The number of nitrogens with zero attached hydrogens (tertiary/aromatic N) is 3. The first kappa shape index (κ1) is 19.4. The van der Waals surface area contributed by atoms with Gasteiger partial charge < -0.3 is 4.74 Å². The molecule has 1 fully saturated rings. The Bertz CT molecular complexity index is 1160. The van der Waals surface area contributed by atoms with Gasteiger partial charge in [-0.05, 0) is 19.9 Å². The minimum absolute atomic E-state index is 0.126. The summed E-state index contributed by atoms with van der Waals surface area (Å²) in [6.07, 6.45) is 1.66. The highest BCUT2D eigenvalue weighted by Gasteiger charge is 2.23. The molecular formula is C18H20N6O4S. The third-order valence-corrected chi connectivity index (χ3v) is 5.31. The zero-order chi connectivity index (χ0) is 20.5. The van der Waals surface area contributed by atoms with Crippen LogP contribution in [-0.4, -0.2) is 56.0 Å². The summed E-state index contributed by atoms with van der Waals surface area (Å²) in [6, 6.07) is 1.39. The number of carbonyl (C=O) groups is 1. The van der Waals surface area contributed by atoms with Gasteiger partial charge in [-0.1, -0.05) is 0 Å². The van der Waals surface area contributed by atoms with Crippen molar-refractivity contribution in [2.24, 2.45) is 0 Å². The molecule has 0 bridgehead atoms. The van der Waals surface area contributed by atoms with Gasteiger partial charge in [0, 0.05) is 31.2 Å². The summed E-state index contributed by atoms with van der Waals surface area (Å²) in [5.41, 5.74) is -0.0522. The van der Waals surface area contributed by atoms with Crippen molar-refractivity contribution in [3.63, 3.8) is 0 Å². The zero-order valence-electron chi connectivity index (χ0n) is 15.9. The van der Waals surface area contributed by atoms with E-state index in [4.69, 9.17) is 4.74 Å². The molecule has 152 valence electrons. The number of anilines is 1. The van der Waals surface area contributed by atoms with Gasteiger partial charge in [0.1, 0.15) is 5.65 Å². The van der Waals surface area contributed by atoms with Crippen molar-refractivity contribution in [1.82, 2.24) is 24.8 Å². The van der Waals surface area contributed by atoms with Crippen molar-refractivity contribution in [3.8, 4) is 0 Å². The second-order valence-corrected chi connectivity index (χ2v) is 7.94. The van der Waals surface area contributed by atoms with Crippen LogP contribution in [0.4, 0.5) is 5.13 Å². The number of pyridine rings is 1. The van der Waals surface area contributed by atoms with Gasteiger partial charge >= 0.3 is 5.69 Å². The van der Waals surface area contributed by atoms with Crippen molar-refractivity contribution in [2.75, 3.05) is 18.4 Å². The van der Waals surface area contributed by atoms with Crippen LogP contribution < -0.4 is 16.6 Å². The van der Waals surface area contributed by atoms with E-state index in [2.05, 4.69) is 30.2 Å². The van der Waals surface area contributed by atoms with Crippen molar-refractivity contribution in [2.45, 2.75) is 32.6 Å². The summed E-state index contributed by atoms with van der Waals surface area (Å²) in [7, 11) is 0. The van der Waals surface area contributed by atoms with E-state index in [1.54, 1.807) is 0 Å². The van der Waals surface area contributed by atoms with Crippen LogP contribution in [0.25, 0.3) is 11.0 Å². The maximum absolute atomic E-state index is 12.5. The van der Waals surface area contributed by atoms with E-state index in [-0.39, 0.29) is 28.8 Å². The molecule has 1 amide bonds. The molecule has 3 aromatic rings. The molecule has 0 saturated carbocycles. The Morgan fingerprint density at radius 3 is 2.83 bits per heavy atom. The van der Waals surface area contributed by atoms with E-state index in [1.807, 2.05) is 19.2 Å². The molecule has 4 rings (SSSR count). The van der Waals surface area contributed by atoms with Gasteiger partial charge in [-0.2, -0.15) is 0 Å². The third-order valence-electron chi connectivity index (χ3n) is 4.51. The van der Waals surface area contributed by atoms with Gasteiger partial charge in [0.05, 0.1) is 28.9 Å². The molecular weight excluding hydrogens is 396 g/mol. The summed E-state index contributed by atoms with van der Waals surface area (Å²) < 4.78 is 5.74. The predicted molar refractivity (Wildman–Crippen MR) is 108 cm³/mol. The number of amides is 1. The third kappa shape index (κ3) is 4.42. The highest BCUT2D eigenvalue weighted by Crippen LogP contribution is 2.20. The van der Waals surface area contributed by atoms with Crippen LogP contribution in [0.1, 0.15) is 29.9 Å². The predicted octanol–water partition coefficient (Wildman–Crippen LogP) is 0.929. The number of H-pyrrole nitrogens is 2. The van der Waals surface area contributed by atoms with E-state index >= 15 is 0 Å². The number of rotatable bonds is 4. The molecule has 2 unspecified atom stereocenters. The topological polar surface area (TPSA) is 133 Å². The lowest BCUT2D eigenvalue weighted by atomic mass is 10.2. The number of thiazole rings is 1. The minimum atomic E-state index is -0.647. The molecule has 1 aliphatic rings. The van der Waals surface area contributed by atoms with E-state index in [1.165, 1.54) is 23.6 Å². The quantitative estimate of drug-likeness (QED) is 0.576. The number of nitrogens with one attached hydrogen (secondary N) is 3. The number of hydrogen-bond acceptors (Lipinski definition) is 8. The molecule has 2 atom stereocenters. The molecule has 1 saturated heterocycles. The van der Waals surface area contributed by atoms with Gasteiger partial charge in [-0.15, -0.1) is 11.3 Å². The SMILES string of the molecule is CC1CN(Cc2csc(NC(=O)c3cnc4[nH]c(=O)[nH]c(=O)c4c3)n2)CC(C)O1. The van der Waals surface area contributed by atoms with Gasteiger partial charge in [0.15, 0.2) is 5.13 Å². The molecule has 0 aromatic carbocycles. The fourth-order valence-electron chi connectivity index (χ4n) is 3.42. The fraction of sp³-hybridized carbons (Fsp3) is 0.389. The van der Waals surface area contributed by atoms with Crippen LogP contribution >= 0.6 is 11.3 Å². The van der Waals surface area contributed by atoms with E-state index < -0.39 is 17.2 Å². The van der Waals surface area contributed by atoms with Crippen molar-refractivity contribution in [3.05, 3.63) is 49.7 Å².